The van der Waals surface area contributed by atoms with E-state index in [1.165, 1.54) is 0 Å². The van der Waals surface area contributed by atoms with Gasteiger partial charge in [-0.3, -0.25) is 4.79 Å². The van der Waals surface area contributed by atoms with Crippen molar-refractivity contribution in [3.63, 3.8) is 0 Å². The fourth-order valence-electron chi connectivity index (χ4n) is 2.37. The number of β-lactam (4-membered cyclic amide) rings is 1. The molecular formula is C12H11Cl2NO5S. The normalized spacial score (nSPS) is 21.7. The van der Waals surface area contributed by atoms with Crippen molar-refractivity contribution in [2.45, 2.75) is 18.9 Å². The van der Waals surface area contributed by atoms with Gasteiger partial charge in [-0.25, -0.2) is 4.31 Å². The number of halogens is 2. The van der Waals surface area contributed by atoms with Crippen LogP contribution in [0.15, 0.2) is 12.1 Å². The zero-order valence-electron chi connectivity index (χ0n) is 10.7. The Bertz CT molecular complexity index is 706. The minimum Gasteiger partial charge on any atom is -0.489 e. The highest BCUT2D eigenvalue weighted by Gasteiger charge is 2.45. The molecule has 0 N–H and O–H groups in total. The van der Waals surface area contributed by atoms with Gasteiger partial charge in [0, 0.05) is 17.1 Å². The Morgan fingerprint density at radius 1 is 1.24 bits per heavy atom. The highest BCUT2D eigenvalue weighted by molar-refractivity contribution is 8.12. The predicted molar refractivity (Wildman–Crippen MR) is 76.0 cm³/mol. The standard InChI is InChI=1S/C12H11Cl2NO5S/c13-8-4-7(5-10-12(8)20-3-1-2-19-10)9-6-11(16)15(9)21(14,17)18/h4-5,9H,1-3,6H2. The van der Waals surface area contributed by atoms with E-state index < -0.39 is 21.2 Å². The van der Waals surface area contributed by atoms with E-state index >= 15 is 0 Å². The molecule has 0 saturated carbocycles. The van der Waals surface area contributed by atoms with Gasteiger partial charge in [0.1, 0.15) is 0 Å². The molecule has 0 radical (unpaired) electrons. The van der Waals surface area contributed by atoms with E-state index in [0.29, 0.717) is 39.6 Å². The maximum Gasteiger partial charge on any atom is 0.324 e. The van der Waals surface area contributed by atoms with Crippen molar-refractivity contribution in [3.8, 4) is 11.5 Å². The van der Waals surface area contributed by atoms with E-state index in [-0.39, 0.29) is 6.42 Å². The van der Waals surface area contributed by atoms with Crippen LogP contribution in [0.25, 0.3) is 0 Å². The van der Waals surface area contributed by atoms with Crippen molar-refractivity contribution in [1.82, 2.24) is 4.31 Å². The fourth-order valence-corrected chi connectivity index (χ4v) is 3.98. The van der Waals surface area contributed by atoms with Crippen LogP contribution in [0.5, 0.6) is 11.5 Å². The Kier molecular flexibility index (Phi) is 3.67. The second kappa shape index (κ2) is 5.23. The molecule has 1 saturated heterocycles. The monoisotopic (exact) mass is 351 g/mol. The Hall–Kier alpha value is -1.18. The quantitative estimate of drug-likeness (QED) is 0.603. The molecule has 2 aliphatic rings. The van der Waals surface area contributed by atoms with Gasteiger partial charge in [-0.05, 0) is 17.7 Å². The minimum absolute atomic E-state index is 0.0575. The van der Waals surface area contributed by atoms with E-state index in [1.807, 2.05) is 0 Å². The predicted octanol–water partition coefficient (Wildman–Crippen LogP) is 2.26. The molecule has 0 aliphatic carbocycles. The summed E-state index contributed by atoms with van der Waals surface area (Å²) in [5.74, 6) is 0.336. The van der Waals surface area contributed by atoms with Crippen LogP contribution < -0.4 is 9.47 Å². The number of carbonyl (C=O) groups excluding carboxylic acids is 1. The largest absolute Gasteiger partial charge is 0.489 e. The topological polar surface area (TPSA) is 72.9 Å². The van der Waals surface area contributed by atoms with E-state index in [2.05, 4.69) is 0 Å². The van der Waals surface area contributed by atoms with Crippen LogP contribution >= 0.6 is 22.3 Å². The Balaban J connectivity index is 1.99. The van der Waals surface area contributed by atoms with Crippen molar-refractivity contribution in [2.24, 2.45) is 0 Å². The molecule has 114 valence electrons. The number of hydrogen-bond acceptors (Lipinski definition) is 5. The summed E-state index contributed by atoms with van der Waals surface area (Å²) in [6.07, 6.45) is 0.784. The van der Waals surface area contributed by atoms with Crippen LogP contribution in [0.3, 0.4) is 0 Å². The average Bonchev–Trinajstić information content (AvgIpc) is 2.58. The lowest BCUT2D eigenvalue weighted by Crippen LogP contribution is -2.47. The van der Waals surface area contributed by atoms with Crippen LogP contribution in [-0.4, -0.2) is 31.8 Å². The van der Waals surface area contributed by atoms with Gasteiger partial charge in [-0.2, -0.15) is 8.42 Å². The number of fused-ring (bicyclic) bond motifs is 1. The molecule has 0 spiro atoms. The summed E-state index contributed by atoms with van der Waals surface area (Å²) in [7, 11) is 1.16. The Morgan fingerprint density at radius 3 is 2.62 bits per heavy atom. The zero-order chi connectivity index (χ0) is 15.2. The van der Waals surface area contributed by atoms with Crippen molar-refractivity contribution in [2.75, 3.05) is 13.2 Å². The molecule has 6 nitrogen and oxygen atoms in total. The first-order valence-electron chi connectivity index (χ1n) is 6.24. The molecule has 2 heterocycles. The lowest BCUT2D eigenvalue weighted by Gasteiger charge is -2.37. The second-order valence-corrected chi connectivity index (χ2v) is 7.53. The van der Waals surface area contributed by atoms with Crippen LogP contribution in [0, 0.1) is 0 Å². The highest BCUT2D eigenvalue weighted by atomic mass is 35.7. The summed E-state index contributed by atoms with van der Waals surface area (Å²) < 4.78 is 34.5. The Labute approximate surface area is 131 Å². The lowest BCUT2D eigenvalue weighted by atomic mass is 9.97. The lowest BCUT2D eigenvalue weighted by molar-refractivity contribution is -0.137. The first-order valence-corrected chi connectivity index (χ1v) is 8.88. The summed E-state index contributed by atoms with van der Waals surface area (Å²) in [5.41, 5.74) is 0.549. The van der Waals surface area contributed by atoms with Crippen molar-refractivity contribution >= 4 is 37.4 Å². The first-order chi connectivity index (χ1) is 9.88. The minimum atomic E-state index is -4.11. The highest BCUT2D eigenvalue weighted by Crippen LogP contribution is 2.44. The van der Waals surface area contributed by atoms with E-state index in [9.17, 15) is 13.2 Å². The summed E-state index contributed by atoms with van der Waals surface area (Å²) in [4.78, 5) is 11.5. The maximum absolute atomic E-state index is 11.5. The van der Waals surface area contributed by atoms with Gasteiger partial charge in [0.25, 0.3) is 0 Å². The van der Waals surface area contributed by atoms with Crippen LogP contribution in [0.2, 0.25) is 5.02 Å². The van der Waals surface area contributed by atoms with Gasteiger partial charge in [-0.1, -0.05) is 11.6 Å². The molecular weight excluding hydrogens is 341 g/mol. The number of ether oxygens (including phenoxy) is 2. The third-order valence-electron chi connectivity index (χ3n) is 3.34. The fraction of sp³-hybridized carbons (Fsp3) is 0.417. The van der Waals surface area contributed by atoms with Crippen molar-refractivity contribution in [1.29, 1.82) is 0 Å². The van der Waals surface area contributed by atoms with Crippen LogP contribution in [0.1, 0.15) is 24.4 Å². The average molecular weight is 352 g/mol. The number of rotatable bonds is 2. The third kappa shape index (κ3) is 2.65. The van der Waals surface area contributed by atoms with Gasteiger partial charge in [-0.15, -0.1) is 0 Å². The van der Waals surface area contributed by atoms with Gasteiger partial charge in [0.05, 0.1) is 30.7 Å². The van der Waals surface area contributed by atoms with E-state index in [4.69, 9.17) is 31.8 Å². The SMILES string of the molecule is O=C1CC(c2cc(Cl)c3c(c2)OCCCO3)N1S(=O)(=O)Cl. The van der Waals surface area contributed by atoms with Crippen LogP contribution in [-0.2, 0) is 14.0 Å². The zero-order valence-corrected chi connectivity index (χ0v) is 13.0. The second-order valence-electron chi connectivity index (χ2n) is 4.73. The van der Waals surface area contributed by atoms with Gasteiger partial charge >= 0.3 is 9.24 Å². The van der Waals surface area contributed by atoms with E-state index in [1.54, 1.807) is 12.1 Å². The first kappa shape index (κ1) is 14.7. The third-order valence-corrected chi connectivity index (χ3v) is 5.00. The number of amides is 1. The number of hydrogen-bond donors (Lipinski definition) is 0. The molecule has 3 rings (SSSR count). The molecule has 1 unspecified atom stereocenters. The van der Waals surface area contributed by atoms with Gasteiger partial charge in [0.2, 0.25) is 5.91 Å². The summed E-state index contributed by atoms with van der Waals surface area (Å²) in [6.45, 7) is 0.976. The maximum atomic E-state index is 11.5. The number of benzene rings is 1. The number of carbonyl (C=O) groups is 1. The molecule has 21 heavy (non-hydrogen) atoms. The summed E-state index contributed by atoms with van der Waals surface area (Å²) >= 11 is 6.15. The van der Waals surface area contributed by atoms with Crippen LogP contribution in [0.4, 0.5) is 0 Å². The molecule has 1 amide bonds. The Morgan fingerprint density at radius 2 is 1.95 bits per heavy atom. The van der Waals surface area contributed by atoms with Crippen molar-refractivity contribution in [3.05, 3.63) is 22.7 Å². The molecule has 2 aliphatic heterocycles. The smallest absolute Gasteiger partial charge is 0.324 e. The van der Waals surface area contributed by atoms with Gasteiger partial charge in [0.15, 0.2) is 11.5 Å². The molecule has 0 aromatic heterocycles. The number of nitrogens with zero attached hydrogens (tertiary/aromatic N) is 1. The molecule has 1 aromatic rings. The summed E-state index contributed by atoms with van der Waals surface area (Å²) in [5, 5.41) is 0.315. The van der Waals surface area contributed by atoms with Crippen molar-refractivity contribution < 1.29 is 22.7 Å². The molecule has 9 heteroatoms. The molecule has 1 aromatic carbocycles. The molecule has 0 bridgehead atoms. The molecule has 1 fully saturated rings. The summed E-state index contributed by atoms with van der Waals surface area (Å²) in [6, 6.07) is 2.55. The van der Waals surface area contributed by atoms with Gasteiger partial charge < -0.3 is 9.47 Å². The van der Waals surface area contributed by atoms with E-state index in [0.717, 1.165) is 6.42 Å². The molecule has 1 atom stereocenters.